The van der Waals surface area contributed by atoms with Crippen LogP contribution in [0.3, 0.4) is 0 Å². The first-order chi connectivity index (χ1) is 12.9. The number of aromatic hydroxyl groups is 1. The summed E-state index contributed by atoms with van der Waals surface area (Å²) in [5.74, 6) is 0.797. The van der Waals surface area contributed by atoms with Gasteiger partial charge in [-0.05, 0) is 80.0 Å². The number of hydrogen-bond donors (Lipinski definition) is 1. The Bertz CT molecular complexity index is 706. The van der Waals surface area contributed by atoms with Crippen molar-refractivity contribution in [3.05, 3.63) is 54.1 Å². The van der Waals surface area contributed by atoms with Crippen molar-refractivity contribution in [2.45, 2.75) is 38.5 Å². The van der Waals surface area contributed by atoms with Crippen LogP contribution in [0.15, 0.2) is 48.5 Å². The summed E-state index contributed by atoms with van der Waals surface area (Å²) >= 11 is 0. The van der Waals surface area contributed by atoms with Gasteiger partial charge in [0.15, 0.2) is 0 Å². The second kappa shape index (κ2) is 8.55. The molecule has 0 saturated carbocycles. The molecule has 3 rings (SSSR count). The Morgan fingerprint density at radius 3 is 2.19 bits per heavy atom. The molecule has 1 N–H and O–H groups in total. The molecule has 0 radical (unpaired) electrons. The second-order valence-corrected chi connectivity index (χ2v) is 7.03. The fourth-order valence-electron chi connectivity index (χ4n) is 3.60. The summed E-state index contributed by atoms with van der Waals surface area (Å²) in [6, 6.07) is 13.5. The van der Waals surface area contributed by atoms with Gasteiger partial charge in [-0.15, -0.1) is 13.2 Å². The fourth-order valence-corrected chi connectivity index (χ4v) is 3.60. The van der Waals surface area contributed by atoms with Gasteiger partial charge in [0, 0.05) is 18.8 Å². The van der Waals surface area contributed by atoms with Gasteiger partial charge in [-0.25, -0.2) is 0 Å². The van der Waals surface area contributed by atoms with Gasteiger partial charge < -0.3 is 14.7 Å². The van der Waals surface area contributed by atoms with Gasteiger partial charge in [0.05, 0.1) is 0 Å². The van der Waals surface area contributed by atoms with Crippen LogP contribution in [0.4, 0.5) is 18.9 Å². The van der Waals surface area contributed by atoms with E-state index in [0.29, 0.717) is 5.92 Å². The number of nitrogens with zero attached hydrogens (tertiary/aromatic N) is 1. The molecule has 1 saturated heterocycles. The maximum Gasteiger partial charge on any atom is 0.573 e. The van der Waals surface area contributed by atoms with E-state index in [4.69, 9.17) is 0 Å². The zero-order valence-corrected chi connectivity index (χ0v) is 15.1. The number of rotatable bonds is 6. The molecular formula is C21H24F3NO2. The molecule has 1 fully saturated rings. The van der Waals surface area contributed by atoms with E-state index in [2.05, 4.69) is 9.64 Å². The van der Waals surface area contributed by atoms with Crippen molar-refractivity contribution in [1.29, 1.82) is 0 Å². The van der Waals surface area contributed by atoms with Crippen molar-refractivity contribution in [2.24, 2.45) is 5.92 Å². The molecule has 0 atom stereocenters. The Morgan fingerprint density at radius 2 is 1.59 bits per heavy atom. The third-order valence-corrected chi connectivity index (χ3v) is 5.06. The summed E-state index contributed by atoms with van der Waals surface area (Å²) < 4.78 is 40.4. The topological polar surface area (TPSA) is 32.7 Å². The molecule has 3 nitrogen and oxygen atoms in total. The van der Waals surface area contributed by atoms with Crippen molar-refractivity contribution in [1.82, 2.24) is 0 Å². The quantitative estimate of drug-likeness (QED) is 0.716. The van der Waals surface area contributed by atoms with Crippen LogP contribution >= 0.6 is 0 Å². The molecule has 0 spiro atoms. The number of anilines is 1. The summed E-state index contributed by atoms with van der Waals surface area (Å²) in [4.78, 5) is 2.34. The second-order valence-electron chi connectivity index (χ2n) is 7.03. The minimum absolute atomic E-state index is 0.173. The van der Waals surface area contributed by atoms with Gasteiger partial charge in [0.1, 0.15) is 11.5 Å². The molecule has 2 aromatic carbocycles. The number of alkyl halides is 3. The van der Waals surface area contributed by atoms with Gasteiger partial charge in [0.25, 0.3) is 0 Å². The van der Waals surface area contributed by atoms with Crippen LogP contribution in [0, 0.1) is 5.92 Å². The van der Waals surface area contributed by atoms with E-state index >= 15 is 0 Å². The minimum Gasteiger partial charge on any atom is -0.508 e. The Kier molecular flexibility index (Phi) is 6.14. The zero-order valence-electron chi connectivity index (χ0n) is 15.1. The van der Waals surface area contributed by atoms with Crippen LogP contribution in [0.5, 0.6) is 11.5 Å². The van der Waals surface area contributed by atoms with Gasteiger partial charge in [-0.3, -0.25) is 0 Å². The van der Waals surface area contributed by atoms with Gasteiger partial charge >= 0.3 is 6.36 Å². The van der Waals surface area contributed by atoms with E-state index < -0.39 is 6.36 Å². The summed E-state index contributed by atoms with van der Waals surface area (Å²) in [5.41, 5.74) is 2.18. The lowest BCUT2D eigenvalue weighted by atomic mass is 9.90. The first-order valence-electron chi connectivity index (χ1n) is 9.28. The normalized spacial score (nSPS) is 15.7. The largest absolute Gasteiger partial charge is 0.573 e. The molecule has 0 amide bonds. The molecule has 2 aromatic rings. The molecule has 0 bridgehead atoms. The van der Waals surface area contributed by atoms with Crippen molar-refractivity contribution in [2.75, 3.05) is 18.0 Å². The van der Waals surface area contributed by atoms with Crippen LogP contribution in [-0.2, 0) is 6.42 Å². The molecule has 1 aliphatic heterocycles. The predicted molar refractivity (Wildman–Crippen MR) is 99.1 cm³/mol. The fraction of sp³-hybridized carbons (Fsp3) is 0.429. The summed E-state index contributed by atoms with van der Waals surface area (Å²) in [6.45, 7) is 2.03. The SMILES string of the molecule is Oc1ccc(N2CCC(CCCc3ccc(OC(F)(F)F)cc3)CC2)cc1. The molecule has 146 valence electrons. The van der Waals surface area contributed by atoms with E-state index in [9.17, 15) is 18.3 Å². The number of phenolic OH excluding ortho intramolecular Hbond substituents is 1. The lowest BCUT2D eigenvalue weighted by molar-refractivity contribution is -0.274. The standard InChI is InChI=1S/C21H24F3NO2/c22-21(23,24)27-20-10-4-16(5-11-20)2-1-3-17-12-14-25(15-13-17)18-6-8-19(26)9-7-18/h4-11,17,26H,1-3,12-15H2. The number of ether oxygens (including phenoxy) is 1. The smallest absolute Gasteiger partial charge is 0.508 e. The van der Waals surface area contributed by atoms with Crippen molar-refractivity contribution < 1.29 is 23.0 Å². The van der Waals surface area contributed by atoms with Crippen LogP contribution in [0.25, 0.3) is 0 Å². The Balaban J connectivity index is 1.38. The maximum atomic E-state index is 12.2. The molecule has 27 heavy (non-hydrogen) atoms. The number of piperidine rings is 1. The van der Waals surface area contributed by atoms with Gasteiger partial charge in [0.2, 0.25) is 0 Å². The average Bonchev–Trinajstić information content (AvgIpc) is 2.63. The van der Waals surface area contributed by atoms with Crippen LogP contribution in [0.1, 0.15) is 31.2 Å². The third-order valence-electron chi connectivity index (χ3n) is 5.06. The Hall–Kier alpha value is -2.37. The van der Waals surface area contributed by atoms with Crippen molar-refractivity contribution in [3.8, 4) is 11.5 Å². The van der Waals surface area contributed by atoms with E-state index in [0.717, 1.165) is 56.4 Å². The summed E-state index contributed by atoms with van der Waals surface area (Å²) in [7, 11) is 0. The zero-order chi connectivity index (χ0) is 19.3. The number of halogens is 3. The molecular weight excluding hydrogens is 355 g/mol. The van der Waals surface area contributed by atoms with Crippen molar-refractivity contribution >= 4 is 5.69 Å². The number of aryl methyl sites for hydroxylation is 1. The van der Waals surface area contributed by atoms with Crippen LogP contribution in [0.2, 0.25) is 0 Å². The van der Waals surface area contributed by atoms with E-state index in [1.807, 2.05) is 12.1 Å². The maximum absolute atomic E-state index is 12.2. The number of benzene rings is 2. The first kappa shape index (κ1) is 19.4. The highest BCUT2D eigenvalue weighted by Gasteiger charge is 2.30. The van der Waals surface area contributed by atoms with Crippen LogP contribution < -0.4 is 9.64 Å². The molecule has 0 aromatic heterocycles. The van der Waals surface area contributed by atoms with E-state index in [-0.39, 0.29) is 11.5 Å². The molecule has 1 heterocycles. The van der Waals surface area contributed by atoms with E-state index in [1.165, 1.54) is 12.1 Å². The minimum atomic E-state index is -4.64. The number of hydrogen-bond acceptors (Lipinski definition) is 3. The highest BCUT2D eigenvalue weighted by molar-refractivity contribution is 5.49. The Labute approximate surface area is 157 Å². The van der Waals surface area contributed by atoms with Crippen molar-refractivity contribution in [3.63, 3.8) is 0 Å². The van der Waals surface area contributed by atoms with Gasteiger partial charge in [-0.2, -0.15) is 0 Å². The third kappa shape index (κ3) is 6.08. The number of phenols is 1. The first-order valence-corrected chi connectivity index (χ1v) is 9.28. The Morgan fingerprint density at radius 1 is 0.963 bits per heavy atom. The highest BCUT2D eigenvalue weighted by atomic mass is 19.4. The molecule has 0 aliphatic carbocycles. The van der Waals surface area contributed by atoms with Crippen LogP contribution in [-0.4, -0.2) is 24.6 Å². The average molecular weight is 379 g/mol. The lowest BCUT2D eigenvalue weighted by Crippen LogP contribution is -2.33. The summed E-state index contributed by atoms with van der Waals surface area (Å²) in [5, 5.41) is 9.38. The lowest BCUT2D eigenvalue weighted by Gasteiger charge is -2.33. The van der Waals surface area contributed by atoms with Gasteiger partial charge in [-0.1, -0.05) is 12.1 Å². The van der Waals surface area contributed by atoms with E-state index in [1.54, 1.807) is 24.3 Å². The molecule has 0 unspecified atom stereocenters. The summed E-state index contributed by atoms with van der Waals surface area (Å²) in [6.07, 6.45) is 0.660. The monoisotopic (exact) mass is 379 g/mol. The predicted octanol–water partition coefficient (Wildman–Crippen LogP) is 5.53. The molecule has 1 aliphatic rings. The highest BCUT2D eigenvalue weighted by Crippen LogP contribution is 2.28. The molecule has 6 heteroatoms.